The summed E-state index contributed by atoms with van der Waals surface area (Å²) < 4.78 is 5.33. The fourth-order valence-corrected chi connectivity index (χ4v) is 3.10. The Morgan fingerprint density at radius 2 is 1.89 bits per heavy atom. The van der Waals surface area contributed by atoms with E-state index in [0.717, 1.165) is 23.5 Å². The number of methoxy groups -OCH3 is 1. The monoisotopic (exact) mass is 395 g/mol. The van der Waals surface area contributed by atoms with Gasteiger partial charge in [0.2, 0.25) is 0 Å². The molecule has 0 fully saturated rings. The van der Waals surface area contributed by atoms with Gasteiger partial charge in [-0.2, -0.15) is 0 Å². The summed E-state index contributed by atoms with van der Waals surface area (Å²) in [5.41, 5.74) is 3.77. The van der Waals surface area contributed by atoms with Gasteiger partial charge in [0.25, 0.3) is 5.91 Å². The fraction of sp³-hybridized carbons (Fsp3) is 0.182. The van der Waals surface area contributed by atoms with Crippen LogP contribution >= 0.6 is 11.6 Å². The Hall–Kier alpha value is -3.05. The Balaban J connectivity index is 1.88. The van der Waals surface area contributed by atoms with Gasteiger partial charge in [-0.15, -0.1) is 0 Å². The van der Waals surface area contributed by atoms with E-state index in [1.54, 1.807) is 24.5 Å². The predicted molar refractivity (Wildman–Crippen MR) is 114 cm³/mol. The number of hydrogen-bond donors (Lipinski definition) is 1. The van der Waals surface area contributed by atoms with Gasteiger partial charge in [0.1, 0.15) is 5.75 Å². The third-order valence-electron chi connectivity index (χ3n) is 4.41. The molecule has 0 spiro atoms. The van der Waals surface area contributed by atoms with E-state index in [4.69, 9.17) is 16.3 Å². The van der Waals surface area contributed by atoms with Gasteiger partial charge in [-0.05, 0) is 43.7 Å². The SMILES string of the molecule is CCN(c1ccccc1)c1cncc(C(=O)Nc2cc(C)c(Cl)cc2OC)c1. The number of benzene rings is 2. The fourth-order valence-electron chi connectivity index (χ4n) is 2.95. The van der Waals surface area contributed by atoms with Crippen molar-refractivity contribution in [3.63, 3.8) is 0 Å². The highest BCUT2D eigenvalue weighted by atomic mass is 35.5. The zero-order valence-electron chi connectivity index (χ0n) is 16.1. The summed E-state index contributed by atoms with van der Waals surface area (Å²) in [4.78, 5) is 19.2. The molecule has 1 amide bonds. The molecule has 0 aliphatic heterocycles. The summed E-state index contributed by atoms with van der Waals surface area (Å²) in [5.74, 6) is 0.242. The number of para-hydroxylation sites is 1. The summed E-state index contributed by atoms with van der Waals surface area (Å²) in [6.07, 6.45) is 3.30. The molecule has 1 N–H and O–H groups in total. The first kappa shape index (κ1) is 19.7. The highest BCUT2D eigenvalue weighted by Gasteiger charge is 2.15. The Kier molecular flexibility index (Phi) is 6.16. The number of pyridine rings is 1. The van der Waals surface area contributed by atoms with Crippen LogP contribution in [0.25, 0.3) is 0 Å². The molecule has 6 heteroatoms. The summed E-state index contributed by atoms with van der Waals surface area (Å²) in [7, 11) is 1.54. The van der Waals surface area contributed by atoms with Crippen molar-refractivity contribution in [1.29, 1.82) is 0 Å². The molecular formula is C22H22ClN3O2. The lowest BCUT2D eigenvalue weighted by atomic mass is 10.1. The van der Waals surface area contributed by atoms with Crippen molar-refractivity contribution in [1.82, 2.24) is 4.98 Å². The predicted octanol–water partition coefficient (Wildman–Crippen LogP) is 5.46. The van der Waals surface area contributed by atoms with Gasteiger partial charge in [0, 0.05) is 29.5 Å². The van der Waals surface area contributed by atoms with E-state index in [2.05, 4.69) is 22.1 Å². The molecule has 1 heterocycles. The van der Waals surface area contributed by atoms with Crippen LogP contribution in [0.5, 0.6) is 5.75 Å². The molecule has 0 aliphatic rings. The van der Waals surface area contributed by atoms with Gasteiger partial charge < -0.3 is 15.0 Å². The number of amides is 1. The topological polar surface area (TPSA) is 54.5 Å². The number of aromatic nitrogens is 1. The van der Waals surface area contributed by atoms with E-state index in [1.807, 2.05) is 43.3 Å². The smallest absolute Gasteiger partial charge is 0.257 e. The van der Waals surface area contributed by atoms with Crippen LogP contribution in [0.3, 0.4) is 0 Å². The molecule has 0 aliphatic carbocycles. The molecular weight excluding hydrogens is 374 g/mol. The van der Waals surface area contributed by atoms with Crippen LogP contribution in [-0.4, -0.2) is 24.5 Å². The second kappa shape index (κ2) is 8.76. The molecule has 144 valence electrons. The van der Waals surface area contributed by atoms with Crippen molar-refractivity contribution in [2.24, 2.45) is 0 Å². The van der Waals surface area contributed by atoms with E-state index < -0.39 is 0 Å². The van der Waals surface area contributed by atoms with Gasteiger partial charge in [-0.3, -0.25) is 9.78 Å². The van der Waals surface area contributed by atoms with E-state index >= 15 is 0 Å². The quantitative estimate of drug-likeness (QED) is 0.601. The van der Waals surface area contributed by atoms with Crippen LogP contribution in [0, 0.1) is 6.92 Å². The van der Waals surface area contributed by atoms with Crippen molar-refractivity contribution in [3.05, 3.63) is 77.1 Å². The molecule has 28 heavy (non-hydrogen) atoms. The Morgan fingerprint density at radius 1 is 1.14 bits per heavy atom. The number of hydrogen-bond acceptors (Lipinski definition) is 4. The maximum absolute atomic E-state index is 12.8. The van der Waals surface area contributed by atoms with E-state index in [0.29, 0.717) is 22.0 Å². The maximum Gasteiger partial charge on any atom is 0.257 e. The highest BCUT2D eigenvalue weighted by Crippen LogP contribution is 2.31. The number of nitrogens with zero attached hydrogens (tertiary/aromatic N) is 2. The van der Waals surface area contributed by atoms with Crippen molar-refractivity contribution >= 4 is 34.6 Å². The van der Waals surface area contributed by atoms with Crippen molar-refractivity contribution in [2.45, 2.75) is 13.8 Å². The van der Waals surface area contributed by atoms with E-state index in [1.165, 1.54) is 7.11 Å². The first-order valence-electron chi connectivity index (χ1n) is 8.96. The number of carbonyl (C=O) groups is 1. The van der Waals surface area contributed by atoms with Gasteiger partial charge in [-0.1, -0.05) is 29.8 Å². The standard InChI is InChI=1S/C22H22ClN3O2/c1-4-26(17-8-6-5-7-9-17)18-11-16(13-24-14-18)22(27)25-20-10-15(2)19(23)12-21(20)28-3/h5-14H,4H2,1-3H3,(H,25,27). The maximum atomic E-state index is 12.8. The van der Waals surface area contributed by atoms with Gasteiger partial charge >= 0.3 is 0 Å². The normalized spacial score (nSPS) is 10.4. The first-order chi connectivity index (χ1) is 13.5. The summed E-state index contributed by atoms with van der Waals surface area (Å²) in [5, 5.41) is 3.47. The summed E-state index contributed by atoms with van der Waals surface area (Å²) in [6, 6.07) is 15.3. The number of rotatable bonds is 6. The Morgan fingerprint density at radius 3 is 2.57 bits per heavy atom. The van der Waals surface area contributed by atoms with Crippen molar-refractivity contribution in [3.8, 4) is 5.75 Å². The lowest BCUT2D eigenvalue weighted by molar-refractivity contribution is 0.102. The average Bonchev–Trinajstić information content (AvgIpc) is 2.72. The molecule has 0 unspecified atom stereocenters. The average molecular weight is 396 g/mol. The minimum absolute atomic E-state index is 0.265. The molecule has 3 rings (SSSR count). The molecule has 3 aromatic rings. The molecule has 5 nitrogen and oxygen atoms in total. The number of halogens is 1. The number of ether oxygens (including phenoxy) is 1. The number of carbonyl (C=O) groups excluding carboxylic acids is 1. The Bertz CT molecular complexity index is 977. The third-order valence-corrected chi connectivity index (χ3v) is 4.82. The van der Waals surface area contributed by atoms with Crippen molar-refractivity contribution < 1.29 is 9.53 Å². The Labute approximate surface area is 169 Å². The molecule has 0 saturated heterocycles. The first-order valence-corrected chi connectivity index (χ1v) is 9.34. The summed E-state index contributed by atoms with van der Waals surface area (Å²) >= 11 is 6.14. The second-order valence-electron chi connectivity index (χ2n) is 6.27. The zero-order valence-corrected chi connectivity index (χ0v) is 16.8. The van der Waals surface area contributed by atoms with Crippen LogP contribution in [0.2, 0.25) is 5.02 Å². The lowest BCUT2D eigenvalue weighted by Gasteiger charge is -2.23. The van der Waals surface area contributed by atoms with Crippen LogP contribution in [0.1, 0.15) is 22.8 Å². The lowest BCUT2D eigenvalue weighted by Crippen LogP contribution is -2.18. The van der Waals surface area contributed by atoms with Crippen LogP contribution in [-0.2, 0) is 0 Å². The minimum Gasteiger partial charge on any atom is -0.495 e. The van der Waals surface area contributed by atoms with E-state index in [-0.39, 0.29) is 5.91 Å². The number of nitrogens with one attached hydrogen (secondary N) is 1. The molecule has 0 radical (unpaired) electrons. The van der Waals surface area contributed by atoms with Crippen LogP contribution < -0.4 is 15.0 Å². The molecule has 0 bridgehead atoms. The van der Waals surface area contributed by atoms with Crippen molar-refractivity contribution in [2.75, 3.05) is 23.9 Å². The molecule has 2 aromatic carbocycles. The molecule has 0 atom stereocenters. The van der Waals surface area contributed by atoms with E-state index in [9.17, 15) is 4.79 Å². The molecule has 0 saturated carbocycles. The number of anilines is 3. The number of aryl methyl sites for hydroxylation is 1. The van der Waals surface area contributed by atoms with Crippen LogP contribution in [0.4, 0.5) is 17.1 Å². The minimum atomic E-state index is -0.265. The molecule has 1 aromatic heterocycles. The summed E-state index contributed by atoms with van der Waals surface area (Å²) in [6.45, 7) is 4.68. The highest BCUT2D eigenvalue weighted by molar-refractivity contribution is 6.31. The van der Waals surface area contributed by atoms with Gasteiger partial charge in [-0.25, -0.2) is 0 Å². The van der Waals surface area contributed by atoms with Gasteiger partial charge in [0.15, 0.2) is 0 Å². The largest absolute Gasteiger partial charge is 0.495 e. The zero-order chi connectivity index (χ0) is 20.1. The third kappa shape index (κ3) is 4.26. The van der Waals surface area contributed by atoms with Crippen LogP contribution in [0.15, 0.2) is 60.9 Å². The second-order valence-corrected chi connectivity index (χ2v) is 6.67. The van der Waals surface area contributed by atoms with Gasteiger partial charge in [0.05, 0.1) is 30.2 Å².